The summed E-state index contributed by atoms with van der Waals surface area (Å²) >= 11 is 0. The average Bonchev–Trinajstić information content (AvgIpc) is 2.85. The van der Waals surface area contributed by atoms with E-state index in [-0.39, 0.29) is 28.2 Å². The molecule has 2 aliphatic rings. The number of benzene rings is 2. The number of rotatable bonds is 3. The van der Waals surface area contributed by atoms with Gasteiger partial charge in [0.2, 0.25) is 11.8 Å². The Hall–Kier alpha value is -2.97. The van der Waals surface area contributed by atoms with Gasteiger partial charge in [0.05, 0.1) is 10.6 Å². The molecule has 2 aliphatic heterocycles. The van der Waals surface area contributed by atoms with Gasteiger partial charge in [0.1, 0.15) is 6.61 Å². The maximum absolute atomic E-state index is 13.4. The minimum absolute atomic E-state index is 0.0114. The van der Waals surface area contributed by atoms with E-state index in [0.717, 1.165) is 54.6 Å². The minimum atomic E-state index is -3.88. The molecule has 1 saturated heterocycles. The number of fused-ring (bicyclic) bond motifs is 7. The topological polar surface area (TPSA) is 84.4 Å². The van der Waals surface area contributed by atoms with Crippen molar-refractivity contribution in [1.82, 2.24) is 14.9 Å². The van der Waals surface area contributed by atoms with Crippen molar-refractivity contribution in [3.63, 3.8) is 0 Å². The molecule has 1 aromatic heterocycles. The van der Waals surface area contributed by atoms with Crippen LogP contribution < -0.4 is 9.46 Å². The van der Waals surface area contributed by atoms with Crippen molar-refractivity contribution in [2.24, 2.45) is 5.41 Å². The Bertz CT molecular complexity index is 1410. The Morgan fingerprint density at radius 3 is 2.53 bits per heavy atom. The maximum atomic E-state index is 13.4. The summed E-state index contributed by atoms with van der Waals surface area (Å²) in [5.74, 6) is 0.654. The number of hydrogen-bond donors (Lipinski definition) is 1. The van der Waals surface area contributed by atoms with Gasteiger partial charge in [-0.1, -0.05) is 51.1 Å². The van der Waals surface area contributed by atoms with Crippen LogP contribution >= 0.6 is 0 Å². The summed E-state index contributed by atoms with van der Waals surface area (Å²) in [7, 11) is -3.88. The molecule has 0 radical (unpaired) electrons. The molecule has 2 atom stereocenters. The molecule has 38 heavy (non-hydrogen) atoms. The number of aromatic nitrogens is 2. The van der Waals surface area contributed by atoms with Crippen molar-refractivity contribution in [3.8, 4) is 17.1 Å². The SMILES string of the molecule is Cc1cccc(C)c1-c1cc2nc(n1)NS(=O)(=O)c1cccc(c1)C1CCN(CCC(C)(C)C)C(CO2)C1. The molecule has 1 N–H and O–H groups in total. The highest BCUT2D eigenvalue weighted by Gasteiger charge is 2.32. The van der Waals surface area contributed by atoms with Crippen LogP contribution in [0.1, 0.15) is 62.6 Å². The first kappa shape index (κ1) is 26.6. The zero-order chi connectivity index (χ0) is 27.1. The Kier molecular flexibility index (Phi) is 7.22. The number of hydrogen-bond acceptors (Lipinski definition) is 6. The molecule has 3 aromatic rings. The average molecular weight is 535 g/mol. The van der Waals surface area contributed by atoms with Gasteiger partial charge in [-0.2, -0.15) is 4.98 Å². The van der Waals surface area contributed by atoms with Gasteiger partial charge in [-0.15, -0.1) is 0 Å². The monoisotopic (exact) mass is 534 g/mol. The molecule has 7 nitrogen and oxygen atoms in total. The van der Waals surface area contributed by atoms with Gasteiger partial charge in [0.25, 0.3) is 10.0 Å². The van der Waals surface area contributed by atoms with Crippen molar-refractivity contribution in [3.05, 3.63) is 65.2 Å². The normalized spacial score (nSPS) is 21.3. The Morgan fingerprint density at radius 2 is 1.79 bits per heavy atom. The molecule has 0 spiro atoms. The standard InChI is InChI=1S/C30H38N4O3S/c1-20-8-6-9-21(2)28(20)26-18-27-32-29(31-26)33-38(35,36)25-11-7-10-22(17-25)23-12-14-34(15-13-30(3,4)5)24(16-23)19-37-27/h6-11,17-18,23-24H,12-16,19H2,1-5H3,(H,31,32,33). The lowest BCUT2D eigenvalue weighted by molar-refractivity contribution is 0.0781. The third-order valence-corrected chi connectivity index (χ3v) is 9.04. The van der Waals surface area contributed by atoms with Gasteiger partial charge in [-0.3, -0.25) is 4.90 Å². The first-order chi connectivity index (χ1) is 18.0. The third-order valence-electron chi connectivity index (χ3n) is 7.72. The molecular formula is C30H38N4O3S. The second-order valence-electron chi connectivity index (χ2n) is 11.9. The summed E-state index contributed by atoms with van der Waals surface area (Å²) in [6, 6.07) is 15.4. The largest absolute Gasteiger partial charge is 0.476 e. The van der Waals surface area contributed by atoms with Crippen LogP contribution in [0.2, 0.25) is 0 Å². The summed E-state index contributed by atoms with van der Waals surface area (Å²) in [5.41, 5.74) is 5.00. The number of nitrogens with zero attached hydrogens (tertiary/aromatic N) is 3. The zero-order valence-corrected chi connectivity index (χ0v) is 23.8. The molecule has 6 bridgehead atoms. The predicted octanol–water partition coefficient (Wildman–Crippen LogP) is 5.94. The molecule has 202 valence electrons. The van der Waals surface area contributed by atoms with Crippen molar-refractivity contribution in [2.75, 3.05) is 24.4 Å². The van der Waals surface area contributed by atoms with E-state index in [1.165, 1.54) is 0 Å². The summed E-state index contributed by atoms with van der Waals surface area (Å²) in [6.07, 6.45) is 2.99. The Balaban J connectivity index is 1.58. The lowest BCUT2D eigenvalue weighted by Crippen LogP contribution is -2.46. The number of ether oxygens (including phenoxy) is 1. The lowest BCUT2D eigenvalue weighted by atomic mass is 9.84. The number of nitrogens with one attached hydrogen (secondary N) is 1. The molecule has 2 unspecified atom stereocenters. The predicted molar refractivity (Wildman–Crippen MR) is 151 cm³/mol. The van der Waals surface area contributed by atoms with E-state index in [1.807, 2.05) is 56.3 Å². The van der Waals surface area contributed by atoms with Gasteiger partial charge >= 0.3 is 0 Å². The highest BCUT2D eigenvalue weighted by atomic mass is 32.2. The quantitative estimate of drug-likeness (QED) is 0.448. The van der Waals surface area contributed by atoms with Crippen molar-refractivity contribution in [1.29, 1.82) is 0 Å². The number of piperidine rings is 1. The molecule has 3 heterocycles. The second-order valence-corrected chi connectivity index (χ2v) is 13.6. The number of likely N-dealkylation sites (tertiary alicyclic amines) is 1. The molecule has 0 amide bonds. The minimum Gasteiger partial charge on any atom is -0.476 e. The molecule has 0 aliphatic carbocycles. The Labute approximate surface area is 226 Å². The van der Waals surface area contributed by atoms with Gasteiger partial charge < -0.3 is 4.74 Å². The van der Waals surface area contributed by atoms with Crippen LogP contribution in [0.3, 0.4) is 0 Å². The lowest BCUT2D eigenvalue weighted by Gasteiger charge is -2.40. The Morgan fingerprint density at radius 1 is 1.05 bits per heavy atom. The van der Waals surface area contributed by atoms with Gasteiger partial charge in [0.15, 0.2) is 0 Å². The molecular weight excluding hydrogens is 496 g/mol. The number of sulfonamides is 1. The zero-order valence-electron chi connectivity index (χ0n) is 23.0. The summed E-state index contributed by atoms with van der Waals surface area (Å²) < 4.78 is 35.8. The third kappa shape index (κ3) is 5.86. The summed E-state index contributed by atoms with van der Waals surface area (Å²) in [4.78, 5) is 11.9. The first-order valence-electron chi connectivity index (χ1n) is 13.4. The highest BCUT2D eigenvalue weighted by Crippen LogP contribution is 2.35. The fourth-order valence-corrected chi connectivity index (χ4v) is 6.54. The van der Waals surface area contributed by atoms with Gasteiger partial charge in [-0.25, -0.2) is 18.1 Å². The van der Waals surface area contributed by atoms with Crippen LogP contribution in [0, 0.1) is 19.3 Å². The van der Waals surface area contributed by atoms with Gasteiger partial charge in [-0.05, 0) is 86.4 Å². The van der Waals surface area contributed by atoms with E-state index >= 15 is 0 Å². The molecule has 0 saturated carbocycles. The van der Waals surface area contributed by atoms with E-state index in [2.05, 4.69) is 40.4 Å². The molecule has 2 aromatic carbocycles. The van der Waals surface area contributed by atoms with Crippen LogP contribution in [-0.2, 0) is 10.0 Å². The van der Waals surface area contributed by atoms with Crippen LogP contribution in [0.15, 0.2) is 53.4 Å². The van der Waals surface area contributed by atoms with E-state index in [0.29, 0.717) is 18.2 Å². The van der Waals surface area contributed by atoms with Crippen LogP contribution in [-0.4, -0.2) is 49.0 Å². The van der Waals surface area contributed by atoms with E-state index in [9.17, 15) is 8.42 Å². The highest BCUT2D eigenvalue weighted by molar-refractivity contribution is 7.92. The van der Waals surface area contributed by atoms with Gasteiger partial charge in [0, 0.05) is 17.7 Å². The van der Waals surface area contributed by atoms with Crippen molar-refractivity contribution < 1.29 is 13.2 Å². The van der Waals surface area contributed by atoms with Crippen LogP contribution in [0.5, 0.6) is 5.88 Å². The number of anilines is 1. The smallest absolute Gasteiger partial charge is 0.264 e. The van der Waals surface area contributed by atoms with E-state index in [4.69, 9.17) is 4.74 Å². The maximum Gasteiger partial charge on any atom is 0.264 e. The number of aryl methyl sites for hydroxylation is 2. The fraction of sp³-hybridized carbons (Fsp3) is 0.467. The molecule has 1 fully saturated rings. The van der Waals surface area contributed by atoms with E-state index < -0.39 is 10.0 Å². The molecule has 5 rings (SSSR count). The van der Waals surface area contributed by atoms with Crippen LogP contribution in [0.25, 0.3) is 11.3 Å². The fourth-order valence-electron chi connectivity index (χ4n) is 5.54. The summed E-state index contributed by atoms with van der Waals surface area (Å²) in [6.45, 7) is 13.3. The first-order valence-corrected chi connectivity index (χ1v) is 14.9. The van der Waals surface area contributed by atoms with Crippen molar-refractivity contribution in [2.45, 2.75) is 70.7 Å². The second kappa shape index (κ2) is 10.3. The van der Waals surface area contributed by atoms with E-state index in [1.54, 1.807) is 6.07 Å². The molecule has 8 heteroatoms. The summed E-state index contributed by atoms with van der Waals surface area (Å²) in [5, 5.41) is 0. The van der Waals surface area contributed by atoms with Crippen molar-refractivity contribution >= 4 is 16.0 Å². The van der Waals surface area contributed by atoms with Crippen LogP contribution in [0.4, 0.5) is 5.95 Å².